The molecule has 0 aliphatic carbocycles. The van der Waals surface area contributed by atoms with E-state index in [1.807, 2.05) is 13.8 Å². The average Bonchev–Trinajstić information content (AvgIpc) is 2.72. The summed E-state index contributed by atoms with van der Waals surface area (Å²) < 4.78 is 45.0. The zero-order valence-electron chi connectivity index (χ0n) is 16.9. The van der Waals surface area contributed by atoms with E-state index in [-0.39, 0.29) is 11.5 Å². The fourth-order valence-electron chi connectivity index (χ4n) is 2.63. The van der Waals surface area contributed by atoms with Gasteiger partial charge in [-0.25, -0.2) is 4.79 Å². The minimum atomic E-state index is -4.84. The molecule has 0 unspecified atom stereocenters. The van der Waals surface area contributed by atoms with E-state index in [0.29, 0.717) is 24.3 Å². The standard InChI is InChI=1S/C21H21F3N2O5/c1-3-26(4-2)19(28)15-6-5-7-16(12-15)25-18(27)13-30-20(29)14-8-10-17(11-9-14)31-21(22,23)24/h5-12H,3-4,13H2,1-2H3,(H,25,27). The zero-order valence-corrected chi connectivity index (χ0v) is 16.9. The molecule has 166 valence electrons. The van der Waals surface area contributed by atoms with Crippen molar-refractivity contribution in [3.8, 4) is 5.75 Å². The van der Waals surface area contributed by atoms with Gasteiger partial charge in [-0.3, -0.25) is 9.59 Å². The van der Waals surface area contributed by atoms with Crippen LogP contribution in [0.25, 0.3) is 0 Å². The van der Waals surface area contributed by atoms with Crippen LogP contribution in [0.4, 0.5) is 18.9 Å². The zero-order chi connectivity index (χ0) is 23.0. The molecule has 0 heterocycles. The van der Waals surface area contributed by atoms with Gasteiger partial charge in [-0.15, -0.1) is 13.2 Å². The number of hydrogen-bond donors (Lipinski definition) is 1. The maximum atomic E-state index is 12.4. The highest BCUT2D eigenvalue weighted by Crippen LogP contribution is 2.23. The Bertz CT molecular complexity index is 925. The summed E-state index contributed by atoms with van der Waals surface area (Å²) in [4.78, 5) is 38.0. The van der Waals surface area contributed by atoms with E-state index in [9.17, 15) is 27.6 Å². The monoisotopic (exact) mass is 438 g/mol. The quantitative estimate of drug-likeness (QED) is 0.633. The number of amides is 2. The topological polar surface area (TPSA) is 84.9 Å². The van der Waals surface area contributed by atoms with Crippen molar-refractivity contribution in [3.63, 3.8) is 0 Å². The van der Waals surface area contributed by atoms with Crippen molar-refractivity contribution < 1.29 is 37.0 Å². The number of halogens is 3. The molecule has 0 fully saturated rings. The molecule has 31 heavy (non-hydrogen) atoms. The van der Waals surface area contributed by atoms with E-state index < -0.39 is 30.6 Å². The number of ether oxygens (including phenoxy) is 2. The highest BCUT2D eigenvalue weighted by Gasteiger charge is 2.31. The molecule has 0 aromatic heterocycles. The minimum absolute atomic E-state index is 0.0471. The Morgan fingerprint density at radius 3 is 2.19 bits per heavy atom. The van der Waals surface area contributed by atoms with Crippen molar-refractivity contribution in [2.45, 2.75) is 20.2 Å². The Balaban J connectivity index is 1.91. The number of carbonyl (C=O) groups is 3. The summed E-state index contributed by atoms with van der Waals surface area (Å²) in [6.45, 7) is 4.20. The number of nitrogens with zero attached hydrogens (tertiary/aromatic N) is 1. The van der Waals surface area contributed by atoms with Gasteiger partial charge in [0.2, 0.25) is 0 Å². The minimum Gasteiger partial charge on any atom is -0.452 e. The molecule has 0 aliphatic heterocycles. The van der Waals surface area contributed by atoms with Gasteiger partial charge in [-0.05, 0) is 56.3 Å². The van der Waals surface area contributed by atoms with Crippen LogP contribution in [-0.2, 0) is 9.53 Å². The second kappa shape index (κ2) is 10.5. The van der Waals surface area contributed by atoms with Gasteiger partial charge in [-0.1, -0.05) is 6.07 Å². The van der Waals surface area contributed by atoms with Crippen LogP contribution in [0.2, 0.25) is 0 Å². The molecular formula is C21H21F3N2O5. The highest BCUT2D eigenvalue weighted by molar-refractivity contribution is 5.98. The van der Waals surface area contributed by atoms with E-state index in [0.717, 1.165) is 24.3 Å². The number of benzene rings is 2. The largest absolute Gasteiger partial charge is 0.573 e. The van der Waals surface area contributed by atoms with Gasteiger partial charge in [0, 0.05) is 24.3 Å². The lowest BCUT2D eigenvalue weighted by atomic mass is 10.1. The summed E-state index contributed by atoms with van der Waals surface area (Å²) in [5, 5.41) is 2.52. The molecule has 1 N–H and O–H groups in total. The molecule has 2 rings (SSSR count). The Hall–Kier alpha value is -3.56. The van der Waals surface area contributed by atoms with Crippen molar-refractivity contribution in [3.05, 3.63) is 59.7 Å². The van der Waals surface area contributed by atoms with Gasteiger partial charge in [0.05, 0.1) is 5.56 Å². The third-order valence-electron chi connectivity index (χ3n) is 4.10. The van der Waals surface area contributed by atoms with Crippen LogP contribution in [0.1, 0.15) is 34.6 Å². The second-order valence-corrected chi connectivity index (χ2v) is 6.25. The fraction of sp³-hybridized carbons (Fsp3) is 0.286. The number of esters is 1. The molecule has 2 aromatic carbocycles. The van der Waals surface area contributed by atoms with Crippen molar-refractivity contribution in [2.24, 2.45) is 0 Å². The van der Waals surface area contributed by atoms with Crippen molar-refractivity contribution >= 4 is 23.5 Å². The first kappa shape index (κ1) is 23.7. The third kappa shape index (κ3) is 7.32. The maximum absolute atomic E-state index is 12.4. The lowest BCUT2D eigenvalue weighted by Gasteiger charge is -2.19. The molecule has 0 atom stereocenters. The van der Waals surface area contributed by atoms with Crippen LogP contribution >= 0.6 is 0 Å². The number of hydrogen-bond acceptors (Lipinski definition) is 5. The van der Waals surface area contributed by atoms with Crippen LogP contribution in [0.15, 0.2) is 48.5 Å². The number of rotatable bonds is 8. The Morgan fingerprint density at radius 1 is 0.968 bits per heavy atom. The molecule has 2 aromatic rings. The maximum Gasteiger partial charge on any atom is 0.573 e. The third-order valence-corrected chi connectivity index (χ3v) is 4.10. The molecule has 0 bridgehead atoms. The lowest BCUT2D eigenvalue weighted by molar-refractivity contribution is -0.274. The van der Waals surface area contributed by atoms with Crippen molar-refractivity contribution in [1.82, 2.24) is 4.90 Å². The smallest absolute Gasteiger partial charge is 0.452 e. The molecule has 0 radical (unpaired) electrons. The average molecular weight is 438 g/mol. The van der Waals surface area contributed by atoms with Crippen LogP contribution in [-0.4, -0.2) is 48.7 Å². The molecule has 0 saturated heterocycles. The van der Waals surface area contributed by atoms with Crippen LogP contribution in [0, 0.1) is 0 Å². The van der Waals surface area contributed by atoms with E-state index in [1.54, 1.807) is 23.1 Å². The summed E-state index contributed by atoms with van der Waals surface area (Å²) in [5.41, 5.74) is 0.710. The summed E-state index contributed by atoms with van der Waals surface area (Å²) in [7, 11) is 0. The summed E-state index contributed by atoms with van der Waals surface area (Å²) in [6.07, 6.45) is -4.84. The molecular weight excluding hydrogens is 417 g/mol. The van der Waals surface area contributed by atoms with Crippen LogP contribution in [0.3, 0.4) is 0 Å². The van der Waals surface area contributed by atoms with Crippen molar-refractivity contribution in [2.75, 3.05) is 25.0 Å². The highest BCUT2D eigenvalue weighted by atomic mass is 19.4. The molecule has 10 heteroatoms. The molecule has 2 amide bonds. The fourth-order valence-corrected chi connectivity index (χ4v) is 2.63. The van der Waals surface area contributed by atoms with Gasteiger partial charge < -0.3 is 19.7 Å². The van der Waals surface area contributed by atoms with E-state index in [1.165, 1.54) is 6.07 Å². The summed E-state index contributed by atoms with van der Waals surface area (Å²) in [5.74, 6) is -2.19. The molecule has 0 spiro atoms. The molecule has 0 saturated carbocycles. The molecule has 0 aliphatic rings. The Kier molecular flexibility index (Phi) is 8.00. The SMILES string of the molecule is CCN(CC)C(=O)c1cccc(NC(=O)COC(=O)c2ccc(OC(F)(F)F)cc2)c1. The van der Waals surface area contributed by atoms with Gasteiger partial charge >= 0.3 is 12.3 Å². The van der Waals surface area contributed by atoms with Gasteiger partial charge in [0.1, 0.15) is 5.75 Å². The predicted molar refractivity (Wildman–Crippen MR) is 106 cm³/mol. The predicted octanol–water partition coefficient (Wildman–Crippen LogP) is 3.86. The Morgan fingerprint density at radius 2 is 1.61 bits per heavy atom. The van der Waals surface area contributed by atoms with E-state index >= 15 is 0 Å². The first-order valence-electron chi connectivity index (χ1n) is 9.35. The normalized spacial score (nSPS) is 10.9. The van der Waals surface area contributed by atoms with Crippen molar-refractivity contribution in [1.29, 1.82) is 0 Å². The van der Waals surface area contributed by atoms with Gasteiger partial charge in [0.15, 0.2) is 6.61 Å². The number of anilines is 1. The van der Waals surface area contributed by atoms with Gasteiger partial charge in [0.25, 0.3) is 11.8 Å². The van der Waals surface area contributed by atoms with E-state index in [2.05, 4.69) is 10.1 Å². The van der Waals surface area contributed by atoms with Crippen LogP contribution in [0.5, 0.6) is 5.75 Å². The Labute approximate surface area is 176 Å². The lowest BCUT2D eigenvalue weighted by Crippen LogP contribution is -2.30. The first-order chi connectivity index (χ1) is 14.6. The van der Waals surface area contributed by atoms with E-state index in [4.69, 9.17) is 4.74 Å². The number of nitrogens with one attached hydrogen (secondary N) is 1. The second-order valence-electron chi connectivity index (χ2n) is 6.25. The van der Waals surface area contributed by atoms with Gasteiger partial charge in [-0.2, -0.15) is 0 Å². The number of alkyl halides is 3. The molecule has 7 nitrogen and oxygen atoms in total. The summed E-state index contributed by atoms with van der Waals surface area (Å²) >= 11 is 0. The number of carbonyl (C=O) groups excluding carboxylic acids is 3. The van der Waals surface area contributed by atoms with Crippen LogP contribution < -0.4 is 10.1 Å². The first-order valence-corrected chi connectivity index (χ1v) is 9.35. The summed E-state index contributed by atoms with van der Waals surface area (Å²) in [6, 6.07) is 10.4.